The molecule has 96 valence electrons. The lowest BCUT2D eigenvalue weighted by Gasteiger charge is -2.36. The summed E-state index contributed by atoms with van der Waals surface area (Å²) in [6.45, 7) is 2.84. The number of rotatable bonds is 3. The van der Waals surface area contributed by atoms with Crippen LogP contribution in [0.2, 0.25) is 0 Å². The Morgan fingerprint density at radius 3 is 3.00 bits per heavy atom. The maximum absolute atomic E-state index is 5.61. The van der Waals surface area contributed by atoms with Gasteiger partial charge in [0.05, 0.1) is 17.1 Å². The second-order valence-electron chi connectivity index (χ2n) is 4.66. The number of H-pyrrole nitrogens is 1. The molecule has 0 unspecified atom stereocenters. The Morgan fingerprint density at radius 1 is 1.50 bits per heavy atom. The molecule has 3 rings (SSSR count). The number of halogens is 1. The van der Waals surface area contributed by atoms with Gasteiger partial charge in [0.15, 0.2) is 4.77 Å². The Balaban J connectivity index is 1.95. The first-order valence-corrected chi connectivity index (χ1v) is 7.40. The number of imidazole rings is 1. The fourth-order valence-corrected chi connectivity index (χ4v) is 3.28. The highest BCUT2D eigenvalue weighted by molar-refractivity contribution is 9.10. The van der Waals surface area contributed by atoms with Gasteiger partial charge in [0.1, 0.15) is 0 Å². The van der Waals surface area contributed by atoms with Gasteiger partial charge in [0, 0.05) is 17.1 Å². The summed E-state index contributed by atoms with van der Waals surface area (Å²) in [4.78, 5) is 3.27. The minimum atomic E-state index is 0.402. The number of aromatic nitrogens is 2. The maximum Gasteiger partial charge on any atom is 0.178 e. The molecule has 1 aromatic carbocycles. The standard InChI is InChI=1S/C13H15BrN2OS/c1-2-17-10-6-9(7-10)16-12-5-8(14)3-4-11(12)15-13(16)18/h3-5,9-10H,2,6-7H2,1H3,(H,15,18). The second kappa shape index (κ2) is 4.79. The van der Waals surface area contributed by atoms with Gasteiger partial charge >= 0.3 is 0 Å². The van der Waals surface area contributed by atoms with Crippen molar-refractivity contribution in [1.82, 2.24) is 9.55 Å². The summed E-state index contributed by atoms with van der Waals surface area (Å²) in [5, 5.41) is 0. The molecule has 1 heterocycles. The molecular weight excluding hydrogens is 312 g/mol. The normalized spacial score (nSPS) is 23.2. The molecule has 0 amide bonds. The highest BCUT2D eigenvalue weighted by atomic mass is 79.9. The van der Waals surface area contributed by atoms with E-state index in [-0.39, 0.29) is 0 Å². The molecule has 1 fully saturated rings. The van der Waals surface area contributed by atoms with Crippen LogP contribution >= 0.6 is 28.1 Å². The number of aromatic amines is 1. The topological polar surface area (TPSA) is 29.9 Å². The number of ether oxygens (including phenoxy) is 1. The zero-order valence-electron chi connectivity index (χ0n) is 10.1. The maximum atomic E-state index is 5.61. The summed E-state index contributed by atoms with van der Waals surface area (Å²) in [5.74, 6) is 0. The van der Waals surface area contributed by atoms with Gasteiger partial charge in [-0.1, -0.05) is 15.9 Å². The molecule has 1 saturated carbocycles. The van der Waals surface area contributed by atoms with Crippen LogP contribution in [0.4, 0.5) is 0 Å². The van der Waals surface area contributed by atoms with Gasteiger partial charge in [0.2, 0.25) is 0 Å². The predicted molar refractivity (Wildman–Crippen MR) is 78.5 cm³/mol. The average Bonchev–Trinajstić information content (AvgIpc) is 2.59. The Bertz CT molecular complexity index is 627. The number of benzene rings is 1. The molecule has 0 aliphatic heterocycles. The van der Waals surface area contributed by atoms with Crippen molar-refractivity contribution in [3.63, 3.8) is 0 Å². The van der Waals surface area contributed by atoms with E-state index in [1.165, 1.54) is 5.52 Å². The van der Waals surface area contributed by atoms with E-state index in [0.717, 1.165) is 34.2 Å². The fourth-order valence-electron chi connectivity index (χ4n) is 2.58. The molecule has 0 spiro atoms. The van der Waals surface area contributed by atoms with Gasteiger partial charge in [-0.3, -0.25) is 0 Å². The number of fused-ring (bicyclic) bond motifs is 1. The zero-order valence-corrected chi connectivity index (χ0v) is 12.6. The molecule has 2 aromatic rings. The summed E-state index contributed by atoms with van der Waals surface area (Å²) < 4.78 is 9.73. The molecule has 18 heavy (non-hydrogen) atoms. The Morgan fingerprint density at radius 2 is 2.28 bits per heavy atom. The highest BCUT2D eigenvalue weighted by Gasteiger charge is 2.32. The van der Waals surface area contributed by atoms with E-state index >= 15 is 0 Å². The van der Waals surface area contributed by atoms with Gasteiger partial charge in [-0.15, -0.1) is 0 Å². The van der Waals surface area contributed by atoms with Crippen LogP contribution in [0, 0.1) is 4.77 Å². The van der Waals surface area contributed by atoms with Crippen LogP contribution < -0.4 is 0 Å². The molecule has 0 bridgehead atoms. The van der Waals surface area contributed by atoms with Crippen LogP contribution in [0.25, 0.3) is 11.0 Å². The lowest BCUT2D eigenvalue weighted by Crippen LogP contribution is -2.33. The minimum absolute atomic E-state index is 0.402. The van der Waals surface area contributed by atoms with Crippen molar-refractivity contribution in [1.29, 1.82) is 0 Å². The number of nitrogens with one attached hydrogen (secondary N) is 1. The zero-order chi connectivity index (χ0) is 12.7. The largest absolute Gasteiger partial charge is 0.378 e. The van der Waals surface area contributed by atoms with Crippen molar-refractivity contribution >= 4 is 39.2 Å². The predicted octanol–water partition coefficient (Wildman–Crippen LogP) is 4.20. The molecule has 5 heteroatoms. The summed E-state index contributed by atoms with van der Waals surface area (Å²) in [6.07, 6.45) is 2.52. The van der Waals surface area contributed by atoms with Gasteiger partial charge in [0.25, 0.3) is 0 Å². The molecular formula is C13H15BrN2OS. The molecule has 1 N–H and O–H groups in total. The van der Waals surface area contributed by atoms with Crippen LogP contribution in [0.3, 0.4) is 0 Å². The Hall–Kier alpha value is -0.650. The van der Waals surface area contributed by atoms with E-state index in [0.29, 0.717) is 12.1 Å². The molecule has 0 saturated heterocycles. The van der Waals surface area contributed by atoms with Crippen LogP contribution in [0.5, 0.6) is 0 Å². The first-order chi connectivity index (χ1) is 8.69. The first-order valence-electron chi connectivity index (χ1n) is 6.20. The lowest BCUT2D eigenvalue weighted by atomic mass is 9.89. The van der Waals surface area contributed by atoms with E-state index < -0.39 is 0 Å². The summed E-state index contributed by atoms with van der Waals surface area (Å²) in [7, 11) is 0. The fraction of sp³-hybridized carbons (Fsp3) is 0.462. The second-order valence-corrected chi connectivity index (χ2v) is 5.97. The summed E-state index contributed by atoms with van der Waals surface area (Å²) in [5.41, 5.74) is 2.28. The molecule has 0 atom stereocenters. The Labute approximate surface area is 119 Å². The third-order valence-electron chi connectivity index (χ3n) is 3.52. The number of hydrogen-bond donors (Lipinski definition) is 1. The van der Waals surface area contributed by atoms with Crippen molar-refractivity contribution in [2.24, 2.45) is 0 Å². The van der Waals surface area contributed by atoms with Crippen LogP contribution in [-0.4, -0.2) is 22.3 Å². The van der Waals surface area contributed by atoms with E-state index in [4.69, 9.17) is 17.0 Å². The quantitative estimate of drug-likeness (QED) is 0.856. The highest BCUT2D eigenvalue weighted by Crippen LogP contribution is 2.37. The van der Waals surface area contributed by atoms with Gasteiger partial charge in [-0.25, -0.2) is 0 Å². The van der Waals surface area contributed by atoms with Gasteiger partial charge in [-0.2, -0.15) is 0 Å². The van der Waals surface area contributed by atoms with E-state index in [9.17, 15) is 0 Å². The molecule has 3 nitrogen and oxygen atoms in total. The van der Waals surface area contributed by atoms with Crippen LogP contribution in [-0.2, 0) is 4.74 Å². The minimum Gasteiger partial charge on any atom is -0.378 e. The summed E-state index contributed by atoms with van der Waals surface area (Å²) >= 11 is 8.94. The SMILES string of the molecule is CCOC1CC(n2c(=S)[nH]c3ccc(Br)cc32)C1. The smallest absolute Gasteiger partial charge is 0.178 e. The van der Waals surface area contributed by atoms with E-state index in [2.05, 4.69) is 37.6 Å². The van der Waals surface area contributed by atoms with Gasteiger partial charge in [-0.05, 0) is 50.2 Å². The lowest BCUT2D eigenvalue weighted by molar-refractivity contribution is -0.0190. The van der Waals surface area contributed by atoms with Crippen LogP contribution in [0.1, 0.15) is 25.8 Å². The van der Waals surface area contributed by atoms with Crippen molar-refractivity contribution in [2.75, 3.05) is 6.61 Å². The van der Waals surface area contributed by atoms with Crippen molar-refractivity contribution in [3.05, 3.63) is 27.4 Å². The molecule has 1 aliphatic rings. The van der Waals surface area contributed by atoms with Crippen molar-refractivity contribution < 1.29 is 4.74 Å². The van der Waals surface area contributed by atoms with Crippen LogP contribution in [0.15, 0.2) is 22.7 Å². The van der Waals surface area contributed by atoms with Gasteiger partial charge < -0.3 is 14.3 Å². The monoisotopic (exact) mass is 326 g/mol. The van der Waals surface area contributed by atoms with E-state index in [1.807, 2.05) is 13.0 Å². The summed E-state index contributed by atoms with van der Waals surface area (Å²) in [6, 6.07) is 6.68. The molecule has 0 radical (unpaired) electrons. The third-order valence-corrected chi connectivity index (χ3v) is 4.31. The number of hydrogen-bond acceptors (Lipinski definition) is 2. The Kier molecular flexibility index (Phi) is 3.30. The number of nitrogens with zero attached hydrogens (tertiary/aromatic N) is 1. The van der Waals surface area contributed by atoms with E-state index in [1.54, 1.807) is 0 Å². The van der Waals surface area contributed by atoms with Crippen molar-refractivity contribution in [2.45, 2.75) is 31.9 Å². The third kappa shape index (κ3) is 2.04. The average molecular weight is 327 g/mol. The van der Waals surface area contributed by atoms with Crippen molar-refractivity contribution in [3.8, 4) is 0 Å². The molecule has 1 aliphatic carbocycles. The first kappa shape index (κ1) is 12.4. The molecule has 1 aromatic heterocycles.